The molecule has 116 valence electrons. The van der Waals surface area contributed by atoms with Gasteiger partial charge in [0.05, 0.1) is 18.8 Å². The van der Waals surface area contributed by atoms with E-state index in [1.54, 1.807) is 6.07 Å². The van der Waals surface area contributed by atoms with Gasteiger partial charge >= 0.3 is 12.0 Å². The number of ether oxygens (including phenoxy) is 1. The Morgan fingerprint density at radius 3 is 2.91 bits per heavy atom. The fraction of sp³-hybridized carbons (Fsp3) is 0.357. The molecule has 0 atom stereocenters. The van der Waals surface area contributed by atoms with Gasteiger partial charge in [-0.15, -0.1) is 5.10 Å². The van der Waals surface area contributed by atoms with Crippen molar-refractivity contribution >= 4 is 17.7 Å². The monoisotopic (exact) mass is 303 g/mol. The van der Waals surface area contributed by atoms with Crippen LogP contribution in [0.5, 0.6) is 5.75 Å². The molecular formula is C14H17N5O3. The molecule has 3 rings (SSSR count). The van der Waals surface area contributed by atoms with Crippen molar-refractivity contribution < 1.29 is 13.9 Å². The maximum atomic E-state index is 11.9. The normalized spacial score (nSPS) is 13.6. The number of nitrogen functional groups attached to an aromatic ring is 1. The number of hydrogen-bond acceptors (Lipinski definition) is 6. The van der Waals surface area contributed by atoms with E-state index in [0.29, 0.717) is 24.0 Å². The van der Waals surface area contributed by atoms with Crippen molar-refractivity contribution in [3.63, 3.8) is 0 Å². The minimum Gasteiger partial charge on any atom is -0.491 e. The average Bonchev–Trinajstić information content (AvgIpc) is 3.25. The number of anilines is 2. The highest BCUT2D eigenvalue weighted by atomic mass is 16.5. The van der Waals surface area contributed by atoms with Gasteiger partial charge in [0.2, 0.25) is 5.89 Å². The quantitative estimate of drug-likeness (QED) is 0.749. The van der Waals surface area contributed by atoms with Crippen molar-refractivity contribution in [1.82, 2.24) is 15.5 Å². The molecule has 4 N–H and O–H groups in total. The second-order valence-corrected chi connectivity index (χ2v) is 5.09. The number of para-hydroxylation sites is 2. The molecule has 1 aliphatic rings. The van der Waals surface area contributed by atoms with Crippen molar-refractivity contribution in [2.24, 2.45) is 5.92 Å². The summed E-state index contributed by atoms with van der Waals surface area (Å²) >= 11 is 0. The zero-order valence-electron chi connectivity index (χ0n) is 11.9. The number of carbonyl (C=O) groups excluding carboxylic acids is 1. The van der Waals surface area contributed by atoms with Crippen LogP contribution in [0.3, 0.4) is 0 Å². The Bertz CT molecular complexity index is 653. The third-order valence-electron chi connectivity index (χ3n) is 3.19. The Labute approximate surface area is 127 Å². The predicted octanol–water partition coefficient (Wildman–Crippen LogP) is 1.76. The molecule has 0 radical (unpaired) electrons. The maximum absolute atomic E-state index is 11.9. The summed E-state index contributed by atoms with van der Waals surface area (Å²) in [5.41, 5.74) is 5.92. The molecule has 1 aromatic heterocycles. The molecule has 2 amide bonds. The molecule has 8 heteroatoms. The highest BCUT2D eigenvalue weighted by Gasteiger charge is 2.22. The van der Waals surface area contributed by atoms with Crippen LogP contribution in [-0.4, -0.2) is 22.8 Å². The largest absolute Gasteiger partial charge is 0.491 e. The van der Waals surface area contributed by atoms with Gasteiger partial charge in [-0.2, -0.15) is 0 Å². The van der Waals surface area contributed by atoms with E-state index >= 15 is 0 Å². The number of amides is 2. The third-order valence-corrected chi connectivity index (χ3v) is 3.19. The Kier molecular flexibility index (Phi) is 4.08. The van der Waals surface area contributed by atoms with Crippen LogP contribution in [0.25, 0.3) is 0 Å². The van der Waals surface area contributed by atoms with E-state index in [9.17, 15) is 4.79 Å². The summed E-state index contributed by atoms with van der Waals surface area (Å²) in [6, 6.07) is 6.89. The van der Waals surface area contributed by atoms with Gasteiger partial charge in [-0.1, -0.05) is 17.2 Å². The third kappa shape index (κ3) is 3.87. The zero-order valence-corrected chi connectivity index (χ0v) is 11.9. The molecule has 1 fully saturated rings. The molecule has 8 nitrogen and oxygen atoms in total. The second-order valence-electron chi connectivity index (χ2n) is 5.09. The summed E-state index contributed by atoms with van der Waals surface area (Å²) in [5.74, 6) is 1.54. The smallest absolute Gasteiger partial charge is 0.319 e. The lowest BCUT2D eigenvalue weighted by Gasteiger charge is -2.12. The van der Waals surface area contributed by atoms with Crippen LogP contribution in [0.2, 0.25) is 0 Å². The summed E-state index contributed by atoms with van der Waals surface area (Å²) < 4.78 is 10.7. The first-order valence-corrected chi connectivity index (χ1v) is 7.05. The highest BCUT2D eigenvalue weighted by Crippen LogP contribution is 2.31. The first-order chi connectivity index (χ1) is 10.7. The highest BCUT2D eigenvalue weighted by molar-refractivity contribution is 5.90. The van der Waals surface area contributed by atoms with Gasteiger partial charge < -0.3 is 25.5 Å². The number of nitrogens with two attached hydrogens (primary N) is 1. The minimum atomic E-state index is -0.390. The molecule has 1 aromatic carbocycles. The maximum Gasteiger partial charge on any atom is 0.319 e. The predicted molar refractivity (Wildman–Crippen MR) is 79.2 cm³/mol. The van der Waals surface area contributed by atoms with Crippen molar-refractivity contribution in [2.75, 3.05) is 17.7 Å². The number of aromatic nitrogens is 2. The van der Waals surface area contributed by atoms with E-state index in [0.717, 1.165) is 0 Å². The lowest BCUT2D eigenvalue weighted by Crippen LogP contribution is -2.28. The molecule has 1 heterocycles. The Hall–Kier alpha value is -2.77. The van der Waals surface area contributed by atoms with E-state index in [-0.39, 0.29) is 24.5 Å². The molecule has 0 bridgehead atoms. The van der Waals surface area contributed by atoms with Crippen LogP contribution in [0.15, 0.2) is 28.7 Å². The van der Waals surface area contributed by atoms with Gasteiger partial charge in [0.15, 0.2) is 0 Å². The zero-order chi connectivity index (χ0) is 15.4. The summed E-state index contributed by atoms with van der Waals surface area (Å²) in [6.07, 6.45) is 2.42. The van der Waals surface area contributed by atoms with Gasteiger partial charge in [-0.3, -0.25) is 0 Å². The topological polar surface area (TPSA) is 115 Å². The molecule has 0 aliphatic heterocycles. The van der Waals surface area contributed by atoms with Crippen molar-refractivity contribution in [3.8, 4) is 5.75 Å². The van der Waals surface area contributed by atoms with E-state index < -0.39 is 0 Å². The molecule has 0 spiro atoms. The molecule has 22 heavy (non-hydrogen) atoms. The van der Waals surface area contributed by atoms with Crippen molar-refractivity contribution in [3.05, 3.63) is 30.2 Å². The molecular weight excluding hydrogens is 286 g/mol. The lowest BCUT2D eigenvalue weighted by molar-refractivity contribution is 0.250. The van der Waals surface area contributed by atoms with Gasteiger partial charge in [-0.25, -0.2) is 4.79 Å². The Morgan fingerprint density at radius 1 is 1.36 bits per heavy atom. The summed E-state index contributed by atoms with van der Waals surface area (Å²) in [7, 11) is 0. The summed E-state index contributed by atoms with van der Waals surface area (Å²) in [6.45, 7) is 0.780. The molecule has 2 aromatic rings. The SMILES string of the molecule is Nc1nnc(CNC(=O)Nc2ccccc2OCC2CC2)o1. The summed E-state index contributed by atoms with van der Waals surface area (Å²) in [4.78, 5) is 11.9. The molecule has 0 saturated heterocycles. The Morgan fingerprint density at radius 2 is 2.18 bits per heavy atom. The number of hydrogen-bond donors (Lipinski definition) is 3. The second kappa shape index (κ2) is 6.33. The first kappa shape index (κ1) is 14.2. The molecule has 1 saturated carbocycles. The van der Waals surface area contributed by atoms with Crippen LogP contribution in [0, 0.1) is 5.92 Å². The fourth-order valence-electron chi connectivity index (χ4n) is 1.85. The minimum absolute atomic E-state index is 0.0315. The number of urea groups is 1. The fourth-order valence-corrected chi connectivity index (χ4v) is 1.85. The first-order valence-electron chi connectivity index (χ1n) is 7.05. The number of nitrogens with zero attached hydrogens (tertiary/aromatic N) is 2. The van der Waals surface area contributed by atoms with Crippen LogP contribution >= 0.6 is 0 Å². The van der Waals surface area contributed by atoms with Crippen LogP contribution < -0.4 is 21.1 Å². The molecule has 0 unspecified atom stereocenters. The van der Waals surface area contributed by atoms with Gasteiger partial charge in [0.25, 0.3) is 0 Å². The summed E-state index contributed by atoms with van der Waals surface area (Å²) in [5, 5.41) is 12.5. The van der Waals surface area contributed by atoms with E-state index in [1.165, 1.54) is 12.8 Å². The van der Waals surface area contributed by atoms with Gasteiger partial charge in [-0.05, 0) is 30.9 Å². The van der Waals surface area contributed by atoms with Crippen molar-refractivity contribution in [2.45, 2.75) is 19.4 Å². The number of nitrogens with one attached hydrogen (secondary N) is 2. The van der Waals surface area contributed by atoms with E-state index in [4.69, 9.17) is 14.9 Å². The van der Waals surface area contributed by atoms with E-state index in [2.05, 4.69) is 20.8 Å². The van der Waals surface area contributed by atoms with Crippen LogP contribution in [0.4, 0.5) is 16.5 Å². The Balaban J connectivity index is 1.53. The standard InChI is InChI=1S/C14H17N5O3/c15-13-19-18-12(22-13)7-16-14(20)17-10-3-1-2-4-11(10)21-8-9-5-6-9/h1-4,9H,5-8H2,(H2,15,19)(H2,16,17,20). The van der Waals surface area contributed by atoms with E-state index in [1.807, 2.05) is 18.2 Å². The van der Waals surface area contributed by atoms with Gasteiger partial charge in [0, 0.05) is 0 Å². The number of benzene rings is 1. The van der Waals surface area contributed by atoms with Gasteiger partial charge in [0.1, 0.15) is 5.75 Å². The lowest BCUT2D eigenvalue weighted by atomic mass is 10.3. The van der Waals surface area contributed by atoms with Crippen LogP contribution in [0.1, 0.15) is 18.7 Å². The average molecular weight is 303 g/mol. The van der Waals surface area contributed by atoms with Crippen molar-refractivity contribution in [1.29, 1.82) is 0 Å². The number of rotatable bonds is 6. The van der Waals surface area contributed by atoms with Crippen LogP contribution in [-0.2, 0) is 6.54 Å². The molecule has 1 aliphatic carbocycles. The number of carbonyl (C=O) groups is 1.